The van der Waals surface area contributed by atoms with Gasteiger partial charge in [0.25, 0.3) is 0 Å². The van der Waals surface area contributed by atoms with Gasteiger partial charge in [0.15, 0.2) is 0 Å². The van der Waals surface area contributed by atoms with Crippen molar-refractivity contribution in [2.45, 2.75) is 39.9 Å². The molecule has 4 rings (SSSR count). The van der Waals surface area contributed by atoms with Gasteiger partial charge < -0.3 is 0 Å². The van der Waals surface area contributed by atoms with Crippen molar-refractivity contribution in [3.05, 3.63) is 133 Å². The third kappa shape index (κ3) is 6.25. The van der Waals surface area contributed by atoms with Crippen molar-refractivity contribution in [1.29, 1.82) is 0 Å². The second kappa shape index (κ2) is 12.2. The summed E-state index contributed by atoms with van der Waals surface area (Å²) >= 11 is -3.74. The van der Waals surface area contributed by atoms with Crippen LogP contribution >= 0.6 is 7.60 Å². The second-order valence-corrected chi connectivity index (χ2v) is 19.3. The summed E-state index contributed by atoms with van der Waals surface area (Å²) in [6.45, 7) is 7.58. The summed E-state index contributed by atoms with van der Waals surface area (Å²) in [5, 5.41) is 0. The average Bonchev–Trinajstić information content (AvgIpc) is 2.90. The zero-order valence-corrected chi connectivity index (χ0v) is 24.9. The molecule has 0 saturated carbocycles. The number of rotatable bonds is 10. The maximum atomic E-state index is 14.5. The molecule has 3 nitrogen and oxygen atoms in total. The predicted molar refractivity (Wildman–Crippen MR) is 158 cm³/mol. The van der Waals surface area contributed by atoms with E-state index in [4.69, 9.17) is 9.05 Å². The zero-order valence-electron chi connectivity index (χ0n) is 22.0. The van der Waals surface area contributed by atoms with Crippen molar-refractivity contribution in [3.63, 3.8) is 0 Å². The van der Waals surface area contributed by atoms with Crippen LogP contribution < -0.4 is 13.2 Å². The minimum atomic E-state index is -3.74. The predicted octanol–water partition coefficient (Wildman–Crippen LogP) is 6.78. The second-order valence-electron chi connectivity index (χ2n) is 9.61. The molecule has 0 unspecified atom stereocenters. The standard InChI is InChI=1S/C32H35GeO3P/c1-26(2)35-37(34,36-27(3)4)25-32(28-17-9-5-10-18-28)33(29-19-11-6-12-20-29,30-21-13-7-14-22-30)31-23-15-8-16-24-31/h5-27H,1-4H3/b32-25+. The number of hydrogen-bond donors (Lipinski definition) is 0. The van der Waals surface area contributed by atoms with E-state index in [1.807, 2.05) is 69.9 Å². The van der Waals surface area contributed by atoms with E-state index in [2.05, 4.69) is 84.9 Å². The normalized spacial score (nSPS) is 12.8. The summed E-state index contributed by atoms with van der Waals surface area (Å²) in [5.74, 6) is 1.84. The van der Waals surface area contributed by atoms with Gasteiger partial charge in [0, 0.05) is 0 Å². The van der Waals surface area contributed by atoms with Gasteiger partial charge in [-0.25, -0.2) is 0 Å². The van der Waals surface area contributed by atoms with Crippen LogP contribution in [0.5, 0.6) is 0 Å². The van der Waals surface area contributed by atoms with E-state index in [1.54, 1.807) is 0 Å². The maximum absolute atomic E-state index is 14.5. The molecule has 0 atom stereocenters. The number of benzene rings is 4. The van der Waals surface area contributed by atoms with Gasteiger partial charge in [-0.2, -0.15) is 0 Å². The van der Waals surface area contributed by atoms with Crippen LogP contribution in [0.25, 0.3) is 4.41 Å². The molecule has 0 amide bonds. The fraction of sp³-hybridized carbons (Fsp3) is 0.188. The van der Waals surface area contributed by atoms with Gasteiger partial charge >= 0.3 is 225 Å². The summed E-state index contributed by atoms with van der Waals surface area (Å²) in [4.78, 5) is 0. The molecular weight excluding hydrogens is 536 g/mol. The Morgan fingerprint density at radius 3 is 1.24 bits per heavy atom. The molecule has 0 aliphatic carbocycles. The summed E-state index contributed by atoms with van der Waals surface area (Å²) in [6.07, 6.45) is -0.519. The molecule has 4 aromatic carbocycles. The van der Waals surface area contributed by atoms with Gasteiger partial charge in [0.2, 0.25) is 0 Å². The van der Waals surface area contributed by atoms with Crippen LogP contribution in [0.1, 0.15) is 33.3 Å². The minimum absolute atomic E-state index is 0.259. The van der Waals surface area contributed by atoms with Crippen LogP contribution in [0.2, 0.25) is 0 Å². The summed E-state index contributed by atoms with van der Waals surface area (Å²) in [5.41, 5.74) is 1.03. The quantitative estimate of drug-likeness (QED) is 0.156. The first-order valence-electron chi connectivity index (χ1n) is 12.8. The summed E-state index contributed by atoms with van der Waals surface area (Å²) in [7, 11) is -3.63. The fourth-order valence-electron chi connectivity index (χ4n) is 4.87. The van der Waals surface area contributed by atoms with E-state index in [-0.39, 0.29) is 12.2 Å². The van der Waals surface area contributed by atoms with E-state index < -0.39 is 20.9 Å². The number of hydrogen-bond acceptors (Lipinski definition) is 3. The SMILES string of the molecule is CC(C)OP(=O)(/C=[C](\c1ccccc1)[Ge]([c]1ccccc1)([c]1ccccc1)[c]1ccccc1)OC(C)C. The van der Waals surface area contributed by atoms with Crippen LogP contribution in [0.4, 0.5) is 0 Å². The van der Waals surface area contributed by atoms with Gasteiger partial charge in [-0.15, -0.1) is 0 Å². The Kier molecular flexibility index (Phi) is 9.05. The van der Waals surface area contributed by atoms with Crippen molar-refractivity contribution < 1.29 is 13.6 Å². The Morgan fingerprint density at radius 2 is 0.919 bits per heavy atom. The molecule has 0 spiro atoms. The fourth-order valence-corrected chi connectivity index (χ4v) is 18.8. The van der Waals surface area contributed by atoms with Gasteiger partial charge in [0.1, 0.15) is 0 Å². The average molecular weight is 571 g/mol. The van der Waals surface area contributed by atoms with E-state index in [1.165, 1.54) is 13.2 Å². The molecule has 0 aliphatic rings. The Bertz CT molecular complexity index is 1230. The molecule has 0 fully saturated rings. The molecule has 0 bridgehead atoms. The Morgan fingerprint density at radius 1 is 0.595 bits per heavy atom. The van der Waals surface area contributed by atoms with Crippen molar-refractivity contribution in [2.75, 3.05) is 0 Å². The summed E-state index contributed by atoms with van der Waals surface area (Å²) in [6, 6.07) is 42.3. The Labute approximate surface area is 224 Å². The van der Waals surface area contributed by atoms with Crippen LogP contribution in [0.15, 0.2) is 127 Å². The van der Waals surface area contributed by atoms with Gasteiger partial charge in [-0.1, -0.05) is 0 Å². The van der Waals surface area contributed by atoms with Crippen molar-refractivity contribution in [2.24, 2.45) is 0 Å². The molecule has 5 heteroatoms. The first-order valence-corrected chi connectivity index (χ1v) is 18.6. The first kappa shape index (κ1) is 27.4. The van der Waals surface area contributed by atoms with E-state index in [0.29, 0.717) is 0 Å². The topological polar surface area (TPSA) is 35.5 Å². The van der Waals surface area contributed by atoms with Gasteiger partial charge in [0.05, 0.1) is 0 Å². The zero-order chi connectivity index (χ0) is 26.3. The molecule has 0 saturated heterocycles. The van der Waals surface area contributed by atoms with Crippen molar-refractivity contribution in [1.82, 2.24) is 0 Å². The molecule has 37 heavy (non-hydrogen) atoms. The van der Waals surface area contributed by atoms with Gasteiger partial charge in [-0.3, -0.25) is 0 Å². The van der Waals surface area contributed by atoms with Crippen LogP contribution in [-0.4, -0.2) is 25.5 Å². The molecule has 0 aromatic heterocycles. The van der Waals surface area contributed by atoms with Crippen LogP contribution in [0, 0.1) is 0 Å². The van der Waals surface area contributed by atoms with E-state index in [9.17, 15) is 4.57 Å². The molecule has 0 radical (unpaired) electrons. The Hall–Kier alpha value is -2.69. The third-order valence-electron chi connectivity index (χ3n) is 6.11. The molecule has 4 aromatic rings. The Balaban J connectivity index is 2.18. The monoisotopic (exact) mass is 572 g/mol. The van der Waals surface area contributed by atoms with E-state index in [0.717, 1.165) is 9.97 Å². The molecular formula is C32H35GeO3P. The summed E-state index contributed by atoms with van der Waals surface area (Å²) < 4.78 is 31.4. The van der Waals surface area contributed by atoms with E-state index >= 15 is 0 Å². The first-order chi connectivity index (χ1) is 17.8. The van der Waals surface area contributed by atoms with Crippen molar-refractivity contribution >= 4 is 38.5 Å². The molecule has 0 heterocycles. The molecule has 0 aliphatic heterocycles. The van der Waals surface area contributed by atoms with Crippen LogP contribution in [-0.2, 0) is 13.6 Å². The van der Waals surface area contributed by atoms with Gasteiger partial charge in [-0.05, 0) is 0 Å². The molecule has 0 N–H and O–H groups in total. The molecule has 190 valence electrons. The van der Waals surface area contributed by atoms with Crippen LogP contribution in [0.3, 0.4) is 0 Å². The van der Waals surface area contributed by atoms with Crippen molar-refractivity contribution in [3.8, 4) is 0 Å². The third-order valence-corrected chi connectivity index (χ3v) is 18.8.